The van der Waals surface area contributed by atoms with Crippen LogP contribution in [0, 0.1) is 0 Å². The predicted molar refractivity (Wildman–Crippen MR) is 70.1 cm³/mol. The number of sulfone groups is 1. The van der Waals surface area contributed by atoms with Crippen LogP contribution in [-0.4, -0.2) is 68.4 Å². The Bertz CT molecular complexity index is 402. The van der Waals surface area contributed by atoms with Gasteiger partial charge in [0.25, 0.3) is 0 Å². The Morgan fingerprint density at radius 3 is 2.50 bits per heavy atom. The van der Waals surface area contributed by atoms with Crippen LogP contribution in [0.4, 0.5) is 0 Å². The van der Waals surface area contributed by atoms with Gasteiger partial charge in [-0.2, -0.15) is 0 Å². The summed E-state index contributed by atoms with van der Waals surface area (Å²) >= 11 is 0. The first-order chi connectivity index (χ1) is 8.48. The molecule has 1 unspecified atom stereocenters. The van der Waals surface area contributed by atoms with Crippen molar-refractivity contribution in [3.63, 3.8) is 0 Å². The summed E-state index contributed by atoms with van der Waals surface area (Å²) in [7, 11) is -1.01. The van der Waals surface area contributed by atoms with E-state index in [1.165, 1.54) is 6.42 Å². The van der Waals surface area contributed by atoms with E-state index in [1.54, 1.807) is 0 Å². The summed E-state index contributed by atoms with van der Waals surface area (Å²) in [4.78, 5) is 15.9. The molecule has 0 aromatic carbocycles. The highest BCUT2D eigenvalue weighted by Gasteiger charge is 2.31. The topological polar surface area (TPSA) is 57.7 Å². The van der Waals surface area contributed by atoms with Crippen molar-refractivity contribution in [1.82, 2.24) is 9.80 Å². The second-order valence-electron chi connectivity index (χ2n) is 5.41. The molecule has 0 saturated carbocycles. The standard InChI is InChI=1S/C12H22N2O3S/c1-13(11-5-8-18(16,17)10-11)9-12(15)14-6-3-2-4-7-14/h11H,2-10H2,1H3. The van der Waals surface area contributed by atoms with Gasteiger partial charge in [-0.25, -0.2) is 8.42 Å². The van der Waals surface area contributed by atoms with Gasteiger partial charge in [-0.15, -0.1) is 0 Å². The third-order valence-electron chi connectivity index (χ3n) is 3.93. The molecular weight excluding hydrogens is 252 g/mol. The van der Waals surface area contributed by atoms with Gasteiger partial charge in [-0.05, 0) is 32.7 Å². The normalized spacial score (nSPS) is 27.7. The minimum absolute atomic E-state index is 0.0174. The van der Waals surface area contributed by atoms with E-state index < -0.39 is 9.84 Å². The first-order valence-corrected chi connectivity index (χ1v) is 8.48. The number of likely N-dealkylation sites (tertiary alicyclic amines) is 1. The Morgan fingerprint density at radius 2 is 1.94 bits per heavy atom. The molecule has 0 aliphatic carbocycles. The van der Waals surface area contributed by atoms with Gasteiger partial charge in [-0.1, -0.05) is 0 Å². The molecule has 2 saturated heterocycles. The number of hydrogen-bond donors (Lipinski definition) is 0. The van der Waals surface area contributed by atoms with Gasteiger partial charge in [0.15, 0.2) is 9.84 Å². The van der Waals surface area contributed by atoms with Gasteiger partial charge in [-0.3, -0.25) is 9.69 Å². The predicted octanol–water partition coefficient (Wildman–Crippen LogP) is 0.118. The fourth-order valence-electron chi connectivity index (χ4n) is 2.71. The minimum atomic E-state index is -2.87. The molecule has 104 valence electrons. The van der Waals surface area contributed by atoms with Gasteiger partial charge in [0.05, 0.1) is 18.1 Å². The lowest BCUT2D eigenvalue weighted by atomic mass is 10.1. The zero-order valence-electron chi connectivity index (χ0n) is 11.0. The van der Waals surface area contributed by atoms with Gasteiger partial charge < -0.3 is 4.90 Å². The first kappa shape index (κ1) is 13.8. The van der Waals surface area contributed by atoms with E-state index in [-0.39, 0.29) is 23.5 Å². The second-order valence-corrected chi connectivity index (χ2v) is 7.64. The number of hydrogen-bond acceptors (Lipinski definition) is 4. The number of carbonyl (C=O) groups is 1. The maximum absolute atomic E-state index is 12.1. The lowest BCUT2D eigenvalue weighted by molar-refractivity contribution is -0.133. The van der Waals surface area contributed by atoms with Gasteiger partial charge >= 0.3 is 0 Å². The van der Waals surface area contributed by atoms with Crippen molar-refractivity contribution in [2.45, 2.75) is 31.7 Å². The van der Waals surface area contributed by atoms with E-state index in [2.05, 4.69) is 0 Å². The molecular formula is C12H22N2O3S. The second kappa shape index (κ2) is 5.57. The molecule has 5 nitrogen and oxygen atoms in total. The number of amides is 1. The Balaban J connectivity index is 1.83. The van der Waals surface area contributed by atoms with E-state index in [1.807, 2.05) is 16.8 Å². The molecule has 2 fully saturated rings. The van der Waals surface area contributed by atoms with Crippen LogP contribution in [0.25, 0.3) is 0 Å². The summed E-state index contributed by atoms with van der Waals surface area (Å²) in [6.45, 7) is 2.06. The summed E-state index contributed by atoms with van der Waals surface area (Å²) in [5.41, 5.74) is 0. The maximum Gasteiger partial charge on any atom is 0.236 e. The highest BCUT2D eigenvalue weighted by Crippen LogP contribution is 2.17. The number of rotatable bonds is 3. The van der Waals surface area contributed by atoms with Crippen LogP contribution in [-0.2, 0) is 14.6 Å². The molecule has 0 aromatic heterocycles. The molecule has 2 heterocycles. The molecule has 18 heavy (non-hydrogen) atoms. The molecule has 0 radical (unpaired) electrons. The molecule has 1 amide bonds. The molecule has 6 heteroatoms. The summed E-state index contributed by atoms with van der Waals surface area (Å²) in [5, 5.41) is 0. The zero-order chi connectivity index (χ0) is 13.2. The van der Waals surface area contributed by atoms with Crippen LogP contribution in [0.15, 0.2) is 0 Å². The summed E-state index contributed by atoms with van der Waals surface area (Å²) in [6, 6.07) is 0.0174. The van der Waals surface area contributed by atoms with E-state index in [9.17, 15) is 13.2 Å². The Kier molecular flexibility index (Phi) is 4.27. The van der Waals surface area contributed by atoms with Crippen LogP contribution < -0.4 is 0 Å². The zero-order valence-corrected chi connectivity index (χ0v) is 11.8. The van der Waals surface area contributed by atoms with Crippen molar-refractivity contribution in [2.24, 2.45) is 0 Å². The molecule has 1 atom stereocenters. The molecule has 0 N–H and O–H groups in total. The fourth-order valence-corrected chi connectivity index (χ4v) is 4.51. The molecule has 2 rings (SSSR count). The van der Waals surface area contributed by atoms with E-state index in [0.29, 0.717) is 13.0 Å². The van der Waals surface area contributed by atoms with E-state index >= 15 is 0 Å². The molecule has 0 aromatic rings. The van der Waals surface area contributed by atoms with Crippen molar-refractivity contribution < 1.29 is 13.2 Å². The minimum Gasteiger partial charge on any atom is -0.342 e. The van der Waals surface area contributed by atoms with Crippen LogP contribution in [0.2, 0.25) is 0 Å². The average molecular weight is 274 g/mol. The lowest BCUT2D eigenvalue weighted by Crippen LogP contribution is -2.44. The van der Waals surface area contributed by atoms with Crippen molar-refractivity contribution >= 4 is 15.7 Å². The summed E-state index contributed by atoms with van der Waals surface area (Å²) in [6.07, 6.45) is 4.05. The summed E-state index contributed by atoms with van der Waals surface area (Å²) < 4.78 is 22.8. The molecule has 2 aliphatic heterocycles. The Labute approximate surface area is 109 Å². The van der Waals surface area contributed by atoms with Crippen molar-refractivity contribution in [1.29, 1.82) is 0 Å². The van der Waals surface area contributed by atoms with Crippen LogP contribution in [0.5, 0.6) is 0 Å². The molecule has 0 bridgehead atoms. The highest BCUT2D eigenvalue weighted by molar-refractivity contribution is 7.91. The van der Waals surface area contributed by atoms with E-state index in [0.717, 1.165) is 25.9 Å². The fraction of sp³-hybridized carbons (Fsp3) is 0.917. The smallest absolute Gasteiger partial charge is 0.236 e. The SMILES string of the molecule is CN(CC(=O)N1CCCCC1)C1CCS(=O)(=O)C1. The average Bonchev–Trinajstić information content (AvgIpc) is 2.71. The maximum atomic E-state index is 12.1. The number of nitrogens with zero attached hydrogens (tertiary/aromatic N) is 2. The van der Waals surface area contributed by atoms with Gasteiger partial charge in [0, 0.05) is 19.1 Å². The highest BCUT2D eigenvalue weighted by atomic mass is 32.2. The molecule has 2 aliphatic rings. The van der Waals surface area contributed by atoms with Crippen molar-refractivity contribution in [3.8, 4) is 0 Å². The third kappa shape index (κ3) is 3.45. The third-order valence-corrected chi connectivity index (χ3v) is 5.68. The largest absolute Gasteiger partial charge is 0.342 e. The van der Waals surface area contributed by atoms with Crippen molar-refractivity contribution in [3.05, 3.63) is 0 Å². The van der Waals surface area contributed by atoms with Gasteiger partial charge in [0.2, 0.25) is 5.91 Å². The van der Waals surface area contributed by atoms with Crippen LogP contribution >= 0.6 is 0 Å². The van der Waals surface area contributed by atoms with Crippen molar-refractivity contribution in [2.75, 3.05) is 38.2 Å². The number of carbonyl (C=O) groups excluding carboxylic acids is 1. The van der Waals surface area contributed by atoms with Crippen LogP contribution in [0.1, 0.15) is 25.7 Å². The lowest BCUT2D eigenvalue weighted by Gasteiger charge is -2.30. The quantitative estimate of drug-likeness (QED) is 0.733. The van der Waals surface area contributed by atoms with Gasteiger partial charge in [0.1, 0.15) is 0 Å². The van der Waals surface area contributed by atoms with Crippen LogP contribution in [0.3, 0.4) is 0 Å². The monoisotopic (exact) mass is 274 g/mol. The number of likely N-dealkylation sites (N-methyl/N-ethyl adjacent to an activating group) is 1. The Morgan fingerprint density at radius 1 is 1.28 bits per heavy atom. The Hall–Kier alpha value is -0.620. The van der Waals surface area contributed by atoms with E-state index in [4.69, 9.17) is 0 Å². The molecule has 0 spiro atoms. The summed E-state index contributed by atoms with van der Waals surface area (Å²) in [5.74, 6) is 0.609. The first-order valence-electron chi connectivity index (χ1n) is 6.66. The number of piperidine rings is 1.